The van der Waals surface area contributed by atoms with E-state index < -0.39 is 35.6 Å². The van der Waals surface area contributed by atoms with Crippen molar-refractivity contribution >= 4 is 17.7 Å². The molecule has 3 aliphatic rings. The third-order valence-electron chi connectivity index (χ3n) is 7.34. The number of amides is 3. The van der Waals surface area contributed by atoms with Crippen molar-refractivity contribution in [3.8, 4) is 0 Å². The predicted octanol–water partition coefficient (Wildman–Crippen LogP) is 1.22. The topological polar surface area (TPSA) is 108 Å². The highest BCUT2D eigenvalue weighted by Gasteiger charge is 2.75. The Bertz CT molecular complexity index is 905. The second-order valence-corrected chi connectivity index (χ2v) is 10.2. The zero-order chi connectivity index (χ0) is 23.9. The summed E-state index contributed by atoms with van der Waals surface area (Å²) >= 11 is 0. The molecular formula is C25H35N3O5. The van der Waals surface area contributed by atoms with E-state index in [0.717, 1.165) is 5.56 Å². The number of hydrogen-bond donors (Lipinski definition) is 3. The zero-order valence-electron chi connectivity index (χ0n) is 19.8. The van der Waals surface area contributed by atoms with Gasteiger partial charge in [-0.2, -0.15) is 0 Å². The van der Waals surface area contributed by atoms with Crippen LogP contribution in [0.5, 0.6) is 0 Å². The first-order valence-corrected chi connectivity index (χ1v) is 11.9. The molecule has 4 rings (SSSR count). The second-order valence-electron chi connectivity index (χ2n) is 10.2. The quantitative estimate of drug-likeness (QED) is 0.544. The first kappa shape index (κ1) is 23.7. The van der Waals surface area contributed by atoms with Crippen LogP contribution in [0, 0.1) is 17.8 Å². The largest absolute Gasteiger partial charge is 0.394 e. The molecule has 0 aliphatic carbocycles. The van der Waals surface area contributed by atoms with Crippen molar-refractivity contribution in [2.75, 3.05) is 6.61 Å². The van der Waals surface area contributed by atoms with Gasteiger partial charge in [0, 0.05) is 12.6 Å². The van der Waals surface area contributed by atoms with Gasteiger partial charge in [-0.05, 0) is 38.2 Å². The van der Waals surface area contributed by atoms with Gasteiger partial charge in [0.05, 0.1) is 30.6 Å². The number of carbonyl (C=O) groups is 3. The summed E-state index contributed by atoms with van der Waals surface area (Å²) in [6, 6.07) is 8.09. The fraction of sp³-hybridized carbons (Fsp3) is 0.640. The summed E-state index contributed by atoms with van der Waals surface area (Å²) in [5.41, 5.74) is -0.0732. The standard InChI is InChI=1S/C25H35N3O5/c1-14(2)17(13-29)28-21(23(31)27-15(3)4)25-11-10-18(33-25)19(20(25)24(28)32)22(30)26-12-16-8-6-5-7-9-16/h5-9,14-15,17-21,29H,10-13H2,1-4H3,(H,26,30)(H,27,31)/t17-,18+,19-,20-,21?,25?/m0/s1. The Labute approximate surface area is 195 Å². The molecule has 0 aromatic heterocycles. The summed E-state index contributed by atoms with van der Waals surface area (Å²) in [5.74, 6) is -2.23. The molecule has 8 nitrogen and oxygen atoms in total. The summed E-state index contributed by atoms with van der Waals surface area (Å²) in [6.07, 6.45) is 0.773. The Morgan fingerprint density at radius 1 is 1.18 bits per heavy atom. The van der Waals surface area contributed by atoms with E-state index in [0.29, 0.717) is 19.4 Å². The van der Waals surface area contributed by atoms with E-state index in [-0.39, 0.29) is 36.3 Å². The Kier molecular flexibility index (Phi) is 6.51. The molecule has 3 fully saturated rings. The molecule has 180 valence electrons. The summed E-state index contributed by atoms with van der Waals surface area (Å²) in [4.78, 5) is 42.1. The highest BCUT2D eigenvalue weighted by Crippen LogP contribution is 2.59. The van der Waals surface area contributed by atoms with E-state index in [1.54, 1.807) is 0 Å². The highest BCUT2D eigenvalue weighted by molar-refractivity contribution is 5.99. The average Bonchev–Trinajstić information content (AvgIpc) is 3.40. The van der Waals surface area contributed by atoms with Crippen LogP contribution in [0.25, 0.3) is 0 Å². The second kappa shape index (κ2) is 9.06. The van der Waals surface area contributed by atoms with Crippen LogP contribution in [0.2, 0.25) is 0 Å². The lowest BCUT2D eigenvalue weighted by Crippen LogP contribution is -2.59. The number of aliphatic hydroxyl groups excluding tert-OH is 1. The van der Waals surface area contributed by atoms with Crippen molar-refractivity contribution in [2.45, 2.75) is 76.9 Å². The maximum Gasteiger partial charge on any atom is 0.246 e. The molecule has 3 heterocycles. The number of fused-ring (bicyclic) bond motifs is 1. The minimum Gasteiger partial charge on any atom is -0.394 e. The van der Waals surface area contributed by atoms with E-state index in [2.05, 4.69) is 10.6 Å². The minimum absolute atomic E-state index is 0.0638. The van der Waals surface area contributed by atoms with Crippen LogP contribution < -0.4 is 10.6 Å². The van der Waals surface area contributed by atoms with Gasteiger partial charge in [0.2, 0.25) is 17.7 Å². The summed E-state index contributed by atoms with van der Waals surface area (Å²) in [6.45, 7) is 7.67. The van der Waals surface area contributed by atoms with Crippen LogP contribution in [0.15, 0.2) is 30.3 Å². The molecule has 1 spiro atoms. The number of rotatable bonds is 8. The van der Waals surface area contributed by atoms with E-state index in [1.165, 1.54) is 4.90 Å². The lowest BCUT2D eigenvalue weighted by Gasteiger charge is -2.38. The number of hydrogen-bond acceptors (Lipinski definition) is 5. The molecule has 3 aliphatic heterocycles. The summed E-state index contributed by atoms with van der Waals surface area (Å²) in [7, 11) is 0. The van der Waals surface area contributed by atoms with Crippen LogP contribution in [0.3, 0.4) is 0 Å². The fourth-order valence-electron chi connectivity index (χ4n) is 5.93. The van der Waals surface area contributed by atoms with Crippen molar-refractivity contribution in [3.63, 3.8) is 0 Å². The van der Waals surface area contributed by atoms with Gasteiger partial charge >= 0.3 is 0 Å². The van der Waals surface area contributed by atoms with Crippen LogP contribution >= 0.6 is 0 Å². The van der Waals surface area contributed by atoms with Crippen LogP contribution in [0.1, 0.15) is 46.1 Å². The minimum atomic E-state index is -1.04. The first-order chi connectivity index (χ1) is 15.7. The van der Waals surface area contributed by atoms with Crippen molar-refractivity contribution < 1.29 is 24.2 Å². The molecule has 6 atom stereocenters. The maximum atomic E-state index is 13.8. The number of nitrogens with zero attached hydrogens (tertiary/aromatic N) is 1. The van der Waals surface area contributed by atoms with Crippen molar-refractivity contribution in [1.29, 1.82) is 0 Å². The van der Waals surface area contributed by atoms with Gasteiger partial charge in [-0.25, -0.2) is 0 Å². The molecular weight excluding hydrogens is 422 g/mol. The molecule has 33 heavy (non-hydrogen) atoms. The monoisotopic (exact) mass is 457 g/mol. The maximum absolute atomic E-state index is 13.8. The van der Waals surface area contributed by atoms with Crippen LogP contribution in [-0.4, -0.2) is 64.2 Å². The van der Waals surface area contributed by atoms with E-state index in [9.17, 15) is 19.5 Å². The Morgan fingerprint density at radius 3 is 2.48 bits per heavy atom. The number of ether oxygens (including phenoxy) is 1. The van der Waals surface area contributed by atoms with Crippen molar-refractivity contribution in [3.05, 3.63) is 35.9 Å². The number of aliphatic hydroxyl groups is 1. The van der Waals surface area contributed by atoms with Gasteiger partial charge in [0.25, 0.3) is 0 Å². The molecule has 3 amide bonds. The molecule has 0 saturated carbocycles. The molecule has 2 bridgehead atoms. The van der Waals surface area contributed by atoms with Gasteiger partial charge in [0.1, 0.15) is 11.6 Å². The number of carbonyl (C=O) groups excluding carboxylic acids is 3. The number of likely N-dealkylation sites (tertiary alicyclic amines) is 1. The molecule has 0 radical (unpaired) electrons. The number of nitrogens with one attached hydrogen (secondary N) is 2. The SMILES string of the molecule is CC(C)NC(=O)C1N([C@@H](CO)C(C)C)C(=O)[C@@H]2[C@@H](C(=O)NCc3ccccc3)[C@H]3CCC12O3. The average molecular weight is 458 g/mol. The smallest absolute Gasteiger partial charge is 0.246 e. The molecule has 2 unspecified atom stereocenters. The Balaban J connectivity index is 1.66. The molecule has 1 aromatic carbocycles. The van der Waals surface area contributed by atoms with Gasteiger partial charge in [-0.3, -0.25) is 14.4 Å². The predicted molar refractivity (Wildman–Crippen MR) is 122 cm³/mol. The molecule has 1 aromatic rings. The normalized spacial score (nSPS) is 31.2. The molecule has 8 heteroatoms. The lowest BCUT2D eigenvalue weighted by molar-refractivity contribution is -0.147. The zero-order valence-corrected chi connectivity index (χ0v) is 19.8. The van der Waals surface area contributed by atoms with E-state index in [4.69, 9.17) is 4.74 Å². The van der Waals surface area contributed by atoms with Gasteiger partial charge < -0.3 is 25.4 Å². The molecule has 3 saturated heterocycles. The van der Waals surface area contributed by atoms with Crippen LogP contribution in [0.4, 0.5) is 0 Å². The Hall–Kier alpha value is -2.45. The van der Waals surface area contributed by atoms with E-state index >= 15 is 0 Å². The van der Waals surface area contributed by atoms with Gasteiger partial charge in [0.15, 0.2) is 0 Å². The van der Waals surface area contributed by atoms with Gasteiger partial charge in [-0.15, -0.1) is 0 Å². The van der Waals surface area contributed by atoms with Crippen LogP contribution in [-0.2, 0) is 25.7 Å². The Morgan fingerprint density at radius 2 is 1.88 bits per heavy atom. The van der Waals surface area contributed by atoms with Crippen molar-refractivity contribution in [2.24, 2.45) is 17.8 Å². The van der Waals surface area contributed by atoms with Gasteiger partial charge in [-0.1, -0.05) is 44.2 Å². The third kappa shape index (κ3) is 3.93. The van der Waals surface area contributed by atoms with Crippen molar-refractivity contribution in [1.82, 2.24) is 15.5 Å². The van der Waals surface area contributed by atoms with E-state index in [1.807, 2.05) is 58.0 Å². The number of benzene rings is 1. The third-order valence-corrected chi connectivity index (χ3v) is 7.34. The lowest BCUT2D eigenvalue weighted by atomic mass is 9.70. The molecule has 3 N–H and O–H groups in total. The fourth-order valence-corrected chi connectivity index (χ4v) is 5.93. The summed E-state index contributed by atoms with van der Waals surface area (Å²) in [5, 5.41) is 16.0. The first-order valence-electron chi connectivity index (χ1n) is 11.9. The highest BCUT2D eigenvalue weighted by atomic mass is 16.5. The summed E-state index contributed by atoms with van der Waals surface area (Å²) < 4.78 is 6.39.